The number of H-pyrrole nitrogens is 1. The van der Waals surface area contributed by atoms with Crippen molar-refractivity contribution in [3.63, 3.8) is 0 Å². The Hall–Kier alpha value is -2.26. The van der Waals surface area contributed by atoms with Crippen LogP contribution in [0.4, 0.5) is 0 Å². The summed E-state index contributed by atoms with van der Waals surface area (Å²) in [4.78, 5) is 24.8. The first kappa shape index (κ1) is 17.6. The quantitative estimate of drug-likeness (QED) is 0.780. The molecule has 3 heterocycles. The molecule has 2 N–H and O–H groups in total. The van der Waals surface area contributed by atoms with Crippen molar-refractivity contribution in [2.24, 2.45) is 0 Å². The summed E-state index contributed by atoms with van der Waals surface area (Å²) in [5.41, 5.74) is 4.27. The second kappa shape index (κ2) is 6.23. The van der Waals surface area contributed by atoms with E-state index >= 15 is 0 Å². The van der Waals surface area contributed by atoms with E-state index in [4.69, 9.17) is 0 Å². The van der Waals surface area contributed by atoms with Gasteiger partial charge in [-0.25, -0.2) is 23.2 Å². The summed E-state index contributed by atoms with van der Waals surface area (Å²) in [6.07, 6.45) is 3.30. The van der Waals surface area contributed by atoms with Crippen molar-refractivity contribution in [3.05, 3.63) is 40.0 Å². The number of carboxylic acids is 1. The fourth-order valence-corrected chi connectivity index (χ4v) is 3.71. The third-order valence-corrected chi connectivity index (χ3v) is 5.32. The molecule has 0 aromatic carbocycles. The maximum absolute atomic E-state index is 11.6. The van der Waals surface area contributed by atoms with Gasteiger partial charge < -0.3 is 10.1 Å². The van der Waals surface area contributed by atoms with E-state index in [1.54, 1.807) is 13.1 Å². The van der Waals surface area contributed by atoms with Crippen LogP contribution < -0.4 is 0 Å². The summed E-state index contributed by atoms with van der Waals surface area (Å²) in [6.45, 7) is 5.47. The Morgan fingerprint density at radius 3 is 2.72 bits per heavy atom. The van der Waals surface area contributed by atoms with E-state index in [-0.39, 0.29) is 5.16 Å². The molecule has 134 valence electrons. The maximum atomic E-state index is 11.6. The van der Waals surface area contributed by atoms with Crippen LogP contribution in [-0.2, 0) is 29.3 Å². The van der Waals surface area contributed by atoms with E-state index in [1.807, 2.05) is 6.92 Å². The molecule has 2 aromatic heterocycles. The summed E-state index contributed by atoms with van der Waals surface area (Å²) >= 11 is 0. The van der Waals surface area contributed by atoms with Gasteiger partial charge >= 0.3 is 5.97 Å². The van der Waals surface area contributed by atoms with Gasteiger partial charge in [-0.1, -0.05) is 0 Å². The van der Waals surface area contributed by atoms with Gasteiger partial charge in [-0.2, -0.15) is 0 Å². The number of aryl methyl sites for hydroxylation is 1. The molecule has 0 fully saturated rings. The molecule has 1 aliphatic heterocycles. The van der Waals surface area contributed by atoms with Gasteiger partial charge in [0.15, 0.2) is 0 Å². The van der Waals surface area contributed by atoms with Crippen LogP contribution in [-0.4, -0.2) is 52.1 Å². The molecule has 3 rings (SSSR count). The summed E-state index contributed by atoms with van der Waals surface area (Å²) in [6, 6.07) is 0. The zero-order chi connectivity index (χ0) is 18.4. The second-order valence-electron chi connectivity index (χ2n) is 6.39. The molecule has 0 saturated heterocycles. The minimum absolute atomic E-state index is 0.137. The molecule has 0 saturated carbocycles. The van der Waals surface area contributed by atoms with Crippen LogP contribution in [0.5, 0.6) is 0 Å². The number of sulfone groups is 1. The first-order valence-corrected chi connectivity index (χ1v) is 9.74. The van der Waals surface area contributed by atoms with Crippen molar-refractivity contribution >= 4 is 15.8 Å². The van der Waals surface area contributed by atoms with Crippen LogP contribution in [0.3, 0.4) is 0 Å². The van der Waals surface area contributed by atoms with E-state index in [2.05, 4.69) is 19.9 Å². The molecule has 0 bridgehead atoms. The maximum Gasteiger partial charge on any atom is 0.337 e. The van der Waals surface area contributed by atoms with Crippen LogP contribution in [0, 0.1) is 13.8 Å². The topological polar surface area (TPSA) is 116 Å². The van der Waals surface area contributed by atoms with Gasteiger partial charge in [-0.3, -0.25) is 4.90 Å². The number of hydrogen-bond acceptors (Lipinski definition) is 6. The summed E-state index contributed by atoms with van der Waals surface area (Å²) in [5.74, 6) is -0.928. The molecule has 8 nitrogen and oxygen atoms in total. The van der Waals surface area contributed by atoms with Crippen LogP contribution in [0.2, 0.25) is 0 Å². The largest absolute Gasteiger partial charge is 0.478 e. The van der Waals surface area contributed by atoms with Crippen LogP contribution in [0.15, 0.2) is 11.4 Å². The van der Waals surface area contributed by atoms with Gasteiger partial charge in [0.05, 0.1) is 11.3 Å². The number of nitrogens with one attached hydrogen (secondary N) is 1. The minimum Gasteiger partial charge on any atom is -0.478 e. The molecule has 0 radical (unpaired) electrons. The van der Waals surface area contributed by atoms with Gasteiger partial charge in [0.25, 0.3) is 0 Å². The molecule has 0 spiro atoms. The highest BCUT2D eigenvalue weighted by Gasteiger charge is 2.23. The van der Waals surface area contributed by atoms with Crippen molar-refractivity contribution in [1.29, 1.82) is 0 Å². The van der Waals surface area contributed by atoms with E-state index in [1.165, 1.54) is 0 Å². The predicted molar refractivity (Wildman–Crippen MR) is 90.2 cm³/mol. The normalized spacial score (nSPS) is 15.2. The first-order chi connectivity index (χ1) is 11.7. The summed E-state index contributed by atoms with van der Waals surface area (Å²) in [7, 11) is -3.41. The number of fused-ring (bicyclic) bond motifs is 1. The number of aromatic amines is 1. The Balaban J connectivity index is 1.80. The lowest BCUT2D eigenvalue weighted by Crippen LogP contribution is -2.31. The highest BCUT2D eigenvalue weighted by atomic mass is 32.2. The third-order valence-electron chi connectivity index (χ3n) is 4.46. The molecular formula is C16H20N4O4S. The van der Waals surface area contributed by atoms with E-state index in [0.29, 0.717) is 37.3 Å². The summed E-state index contributed by atoms with van der Waals surface area (Å²) < 4.78 is 23.1. The zero-order valence-corrected chi connectivity index (χ0v) is 15.1. The number of carboxylic acid groups (broad SMARTS) is 1. The second-order valence-corrected chi connectivity index (χ2v) is 8.30. The molecule has 0 unspecified atom stereocenters. The third kappa shape index (κ3) is 3.42. The predicted octanol–water partition coefficient (Wildman–Crippen LogP) is 1.08. The number of carbonyl (C=O) groups is 1. The Morgan fingerprint density at radius 2 is 2.12 bits per heavy atom. The van der Waals surface area contributed by atoms with E-state index in [9.17, 15) is 18.3 Å². The molecule has 9 heteroatoms. The average molecular weight is 364 g/mol. The Morgan fingerprint density at radius 1 is 1.40 bits per heavy atom. The molecular weight excluding hydrogens is 344 g/mol. The fourth-order valence-electron chi connectivity index (χ4n) is 3.19. The van der Waals surface area contributed by atoms with E-state index < -0.39 is 15.8 Å². The molecule has 2 aromatic rings. The van der Waals surface area contributed by atoms with Crippen molar-refractivity contribution in [2.45, 2.75) is 38.5 Å². The Labute approximate surface area is 145 Å². The van der Waals surface area contributed by atoms with Gasteiger partial charge in [-0.05, 0) is 19.4 Å². The van der Waals surface area contributed by atoms with Crippen molar-refractivity contribution in [3.8, 4) is 0 Å². The van der Waals surface area contributed by atoms with Gasteiger partial charge in [-0.15, -0.1) is 0 Å². The minimum atomic E-state index is -3.41. The highest BCUT2D eigenvalue weighted by Crippen LogP contribution is 2.23. The van der Waals surface area contributed by atoms with Crippen LogP contribution >= 0.6 is 0 Å². The molecule has 0 atom stereocenters. The number of hydrogen-bond donors (Lipinski definition) is 2. The number of aromatic carboxylic acids is 1. The number of rotatable bonds is 4. The number of nitrogens with zero attached hydrogens (tertiary/aromatic N) is 3. The van der Waals surface area contributed by atoms with Gasteiger partial charge in [0.2, 0.25) is 15.0 Å². The molecule has 0 aliphatic carbocycles. The molecule has 0 amide bonds. The van der Waals surface area contributed by atoms with Crippen molar-refractivity contribution < 1.29 is 18.3 Å². The Bertz CT molecular complexity index is 949. The smallest absolute Gasteiger partial charge is 0.337 e. The van der Waals surface area contributed by atoms with Crippen molar-refractivity contribution in [1.82, 2.24) is 19.9 Å². The van der Waals surface area contributed by atoms with E-state index in [0.717, 1.165) is 28.8 Å². The van der Waals surface area contributed by atoms with Gasteiger partial charge in [0.1, 0.15) is 0 Å². The first-order valence-electron chi connectivity index (χ1n) is 7.85. The summed E-state index contributed by atoms with van der Waals surface area (Å²) in [5, 5.41) is 9.15. The number of aromatic nitrogens is 3. The average Bonchev–Trinajstić information content (AvgIpc) is 2.79. The molecule has 25 heavy (non-hydrogen) atoms. The van der Waals surface area contributed by atoms with Crippen LogP contribution in [0.25, 0.3) is 0 Å². The fraction of sp³-hybridized carbons (Fsp3) is 0.438. The SMILES string of the molecule is Cc1[nH]c(CN2CCc3nc(S(C)(=O)=O)ncc3C2)c(C)c1C(=O)O. The zero-order valence-electron chi connectivity index (χ0n) is 14.3. The lowest BCUT2D eigenvalue weighted by atomic mass is 10.1. The van der Waals surface area contributed by atoms with Crippen LogP contribution in [0.1, 0.15) is 38.6 Å². The highest BCUT2D eigenvalue weighted by molar-refractivity contribution is 7.90. The molecule has 1 aliphatic rings. The lowest BCUT2D eigenvalue weighted by molar-refractivity contribution is 0.0695. The monoisotopic (exact) mass is 364 g/mol. The standard InChI is InChI=1S/C16H20N4O4S/c1-9-13(18-10(2)14(9)15(21)22)8-20-5-4-12-11(7-20)6-17-16(19-12)25(3,23)24/h6,18H,4-5,7-8H2,1-3H3,(H,21,22). The Kier molecular flexibility index (Phi) is 4.38. The van der Waals surface area contributed by atoms with Gasteiger partial charge in [0, 0.05) is 55.5 Å². The van der Waals surface area contributed by atoms with Crippen molar-refractivity contribution in [2.75, 3.05) is 12.8 Å². The lowest BCUT2D eigenvalue weighted by Gasteiger charge is -2.27.